The maximum Gasteiger partial charge on any atom is 0.126 e. The Morgan fingerprint density at radius 2 is 2.00 bits per heavy atom. The minimum atomic E-state index is 0.227. The van der Waals surface area contributed by atoms with Gasteiger partial charge in [0.25, 0.3) is 0 Å². The van der Waals surface area contributed by atoms with Gasteiger partial charge in [-0.15, -0.1) is 0 Å². The average Bonchev–Trinajstić information content (AvgIpc) is 2.54. The maximum atomic E-state index is 5.95. The molecule has 0 fully saturated rings. The molecule has 1 aliphatic carbocycles. The molecule has 1 aliphatic rings. The third kappa shape index (κ3) is 3.06. The van der Waals surface area contributed by atoms with Crippen LogP contribution in [0.2, 0.25) is 0 Å². The highest BCUT2D eigenvalue weighted by atomic mass is 15.2. The number of hydrazine groups is 1. The molecule has 2 aromatic rings. The molecular weight excluding hydrogens is 260 g/mol. The molecule has 0 saturated heterocycles. The Kier molecular flexibility index (Phi) is 4.18. The minimum Gasteiger partial charge on any atom is -0.383 e. The van der Waals surface area contributed by atoms with Crippen molar-refractivity contribution in [2.75, 3.05) is 5.73 Å². The zero-order valence-electron chi connectivity index (χ0n) is 12.1. The largest absolute Gasteiger partial charge is 0.383 e. The normalized spacial score (nSPS) is 19.0. The van der Waals surface area contributed by atoms with Crippen molar-refractivity contribution in [3.8, 4) is 0 Å². The molecule has 110 valence electrons. The van der Waals surface area contributed by atoms with Crippen LogP contribution in [0.5, 0.6) is 0 Å². The molecule has 4 nitrogen and oxygen atoms in total. The molecule has 4 heteroatoms. The number of rotatable bonds is 4. The molecule has 0 spiro atoms. The van der Waals surface area contributed by atoms with Crippen LogP contribution < -0.4 is 17.0 Å². The highest BCUT2D eigenvalue weighted by Crippen LogP contribution is 2.29. The average molecular weight is 282 g/mol. The number of aryl methyl sites for hydroxylation is 1. The summed E-state index contributed by atoms with van der Waals surface area (Å²) in [5.74, 6) is 6.95. The van der Waals surface area contributed by atoms with E-state index in [9.17, 15) is 0 Å². The van der Waals surface area contributed by atoms with Crippen molar-refractivity contribution in [2.24, 2.45) is 11.8 Å². The van der Waals surface area contributed by atoms with Crippen LogP contribution in [0.1, 0.15) is 23.1 Å². The molecule has 0 amide bonds. The molecule has 5 N–H and O–H groups in total. The van der Waals surface area contributed by atoms with Crippen LogP contribution in [0.15, 0.2) is 42.6 Å². The second-order valence-electron chi connectivity index (χ2n) is 5.80. The van der Waals surface area contributed by atoms with Gasteiger partial charge in [0.2, 0.25) is 0 Å². The van der Waals surface area contributed by atoms with Crippen molar-refractivity contribution in [3.63, 3.8) is 0 Å². The summed E-state index contributed by atoms with van der Waals surface area (Å²) in [5, 5.41) is 0. The number of benzene rings is 1. The van der Waals surface area contributed by atoms with E-state index in [-0.39, 0.29) is 6.04 Å². The lowest BCUT2D eigenvalue weighted by Crippen LogP contribution is -2.44. The van der Waals surface area contributed by atoms with Crippen molar-refractivity contribution in [1.29, 1.82) is 0 Å². The Morgan fingerprint density at radius 1 is 1.19 bits per heavy atom. The van der Waals surface area contributed by atoms with Gasteiger partial charge in [-0.3, -0.25) is 11.3 Å². The number of hydrogen-bond donors (Lipinski definition) is 3. The van der Waals surface area contributed by atoms with Crippen LogP contribution in [0.3, 0.4) is 0 Å². The van der Waals surface area contributed by atoms with Crippen molar-refractivity contribution in [1.82, 2.24) is 10.4 Å². The van der Waals surface area contributed by atoms with Gasteiger partial charge >= 0.3 is 0 Å². The van der Waals surface area contributed by atoms with Gasteiger partial charge in [-0.1, -0.05) is 30.3 Å². The lowest BCUT2D eigenvalue weighted by Gasteiger charge is -2.31. The summed E-state index contributed by atoms with van der Waals surface area (Å²) >= 11 is 0. The fraction of sp³-hybridized carbons (Fsp3) is 0.353. The van der Waals surface area contributed by atoms with Gasteiger partial charge in [-0.25, -0.2) is 4.98 Å². The number of nitrogens with two attached hydrogens (primary N) is 2. The highest BCUT2D eigenvalue weighted by Gasteiger charge is 2.26. The fourth-order valence-corrected chi connectivity index (χ4v) is 3.29. The van der Waals surface area contributed by atoms with E-state index in [1.165, 1.54) is 11.1 Å². The topological polar surface area (TPSA) is 77.0 Å². The van der Waals surface area contributed by atoms with Crippen LogP contribution in [-0.4, -0.2) is 11.0 Å². The third-order valence-electron chi connectivity index (χ3n) is 4.53. The molecule has 1 aromatic heterocycles. The lowest BCUT2D eigenvalue weighted by molar-refractivity contribution is 0.321. The molecule has 0 radical (unpaired) electrons. The molecule has 2 atom stereocenters. The summed E-state index contributed by atoms with van der Waals surface area (Å²) in [6.45, 7) is 0. The summed E-state index contributed by atoms with van der Waals surface area (Å²) in [4.78, 5) is 4.16. The molecule has 0 aliphatic heterocycles. The zero-order valence-corrected chi connectivity index (χ0v) is 12.1. The van der Waals surface area contributed by atoms with Crippen LogP contribution in [0.4, 0.5) is 5.82 Å². The second-order valence-corrected chi connectivity index (χ2v) is 5.80. The van der Waals surface area contributed by atoms with Gasteiger partial charge in [-0.2, -0.15) is 0 Å². The van der Waals surface area contributed by atoms with Gasteiger partial charge < -0.3 is 5.73 Å². The number of nitrogens with zero attached hydrogens (tertiary/aromatic N) is 1. The predicted octanol–water partition coefficient (Wildman–Crippen LogP) is 1.84. The van der Waals surface area contributed by atoms with Crippen molar-refractivity contribution in [3.05, 3.63) is 59.3 Å². The van der Waals surface area contributed by atoms with E-state index < -0.39 is 0 Å². The van der Waals surface area contributed by atoms with Gasteiger partial charge in [0.15, 0.2) is 0 Å². The Bertz CT molecular complexity index is 611. The van der Waals surface area contributed by atoms with Crippen LogP contribution >= 0.6 is 0 Å². The van der Waals surface area contributed by atoms with Gasteiger partial charge in [0, 0.05) is 12.2 Å². The summed E-state index contributed by atoms with van der Waals surface area (Å²) < 4.78 is 0. The fourth-order valence-electron chi connectivity index (χ4n) is 3.29. The van der Waals surface area contributed by atoms with E-state index in [0.717, 1.165) is 31.2 Å². The van der Waals surface area contributed by atoms with E-state index in [1.807, 2.05) is 12.1 Å². The first kappa shape index (κ1) is 14.0. The highest BCUT2D eigenvalue weighted by molar-refractivity contribution is 5.39. The number of aromatic nitrogens is 1. The number of fused-ring (bicyclic) bond motifs is 1. The molecule has 2 unspecified atom stereocenters. The first-order valence-corrected chi connectivity index (χ1v) is 7.50. The maximum absolute atomic E-state index is 5.95. The Morgan fingerprint density at radius 3 is 2.76 bits per heavy atom. The number of nitrogen functional groups attached to an aromatic ring is 1. The Hall–Kier alpha value is -1.91. The molecule has 0 saturated carbocycles. The summed E-state index contributed by atoms with van der Waals surface area (Å²) in [6.07, 6.45) is 5.91. The molecular formula is C17H22N4. The summed E-state index contributed by atoms with van der Waals surface area (Å²) in [5.41, 5.74) is 12.9. The first-order chi connectivity index (χ1) is 10.3. The Labute approximate surface area is 125 Å². The van der Waals surface area contributed by atoms with Crippen LogP contribution in [0, 0.1) is 5.92 Å². The minimum absolute atomic E-state index is 0.227. The SMILES string of the molecule is NNC(Cc1cccnc1N)C1CCc2ccccc2C1. The van der Waals surface area contributed by atoms with Gasteiger partial charge in [0.1, 0.15) is 5.82 Å². The number of pyridine rings is 1. The lowest BCUT2D eigenvalue weighted by atomic mass is 9.78. The molecule has 21 heavy (non-hydrogen) atoms. The second kappa shape index (κ2) is 6.24. The van der Waals surface area contributed by atoms with E-state index in [1.54, 1.807) is 6.20 Å². The van der Waals surface area contributed by atoms with Crippen molar-refractivity contribution < 1.29 is 0 Å². The summed E-state index contributed by atoms with van der Waals surface area (Å²) in [7, 11) is 0. The predicted molar refractivity (Wildman–Crippen MR) is 85.4 cm³/mol. The van der Waals surface area contributed by atoms with Crippen molar-refractivity contribution >= 4 is 5.82 Å². The van der Waals surface area contributed by atoms with Crippen LogP contribution in [0.25, 0.3) is 0 Å². The van der Waals surface area contributed by atoms with E-state index in [4.69, 9.17) is 11.6 Å². The standard InChI is InChI=1S/C17H22N4/c18-17-15(6-3-9-20-17)11-16(21-19)14-8-7-12-4-1-2-5-13(12)10-14/h1-6,9,14,16,21H,7-8,10-11,19H2,(H2,18,20). The Balaban J connectivity index is 1.74. The first-order valence-electron chi connectivity index (χ1n) is 7.50. The number of nitrogens with one attached hydrogen (secondary N) is 1. The van der Waals surface area contributed by atoms with Gasteiger partial charge in [-0.05, 0) is 54.4 Å². The van der Waals surface area contributed by atoms with E-state index in [0.29, 0.717) is 11.7 Å². The van der Waals surface area contributed by atoms with E-state index in [2.05, 4.69) is 34.7 Å². The van der Waals surface area contributed by atoms with Crippen LogP contribution in [-0.2, 0) is 19.3 Å². The van der Waals surface area contributed by atoms with Crippen molar-refractivity contribution in [2.45, 2.75) is 31.7 Å². The zero-order chi connectivity index (χ0) is 14.7. The molecule has 0 bridgehead atoms. The van der Waals surface area contributed by atoms with Gasteiger partial charge in [0.05, 0.1) is 0 Å². The number of hydrogen-bond acceptors (Lipinski definition) is 4. The van der Waals surface area contributed by atoms with E-state index >= 15 is 0 Å². The third-order valence-corrected chi connectivity index (χ3v) is 4.53. The quantitative estimate of drug-likeness (QED) is 0.591. The molecule has 1 heterocycles. The molecule has 3 rings (SSSR count). The summed E-state index contributed by atoms with van der Waals surface area (Å²) in [6, 6.07) is 12.9. The number of anilines is 1. The molecule has 1 aromatic carbocycles. The monoisotopic (exact) mass is 282 g/mol. The smallest absolute Gasteiger partial charge is 0.126 e.